The summed E-state index contributed by atoms with van der Waals surface area (Å²) in [6.07, 6.45) is 3.65. The highest BCUT2D eigenvalue weighted by atomic mass is 32.2. The van der Waals surface area contributed by atoms with Crippen LogP contribution in [0.3, 0.4) is 0 Å². The SMILES string of the molecule is COC(=O)C1=C(Nc2cccc(S(=O)(=O)NC3CCCC3)c2)C(=O)N(CCO)C1. The van der Waals surface area contributed by atoms with Gasteiger partial charge in [0.25, 0.3) is 5.91 Å². The van der Waals surface area contributed by atoms with Crippen molar-refractivity contribution in [3.63, 3.8) is 0 Å². The molecule has 0 bridgehead atoms. The average molecular weight is 423 g/mol. The molecule has 0 aromatic heterocycles. The minimum atomic E-state index is -3.69. The standard InChI is InChI=1S/C19H25N3O6S/c1-28-19(25)16-12-22(9-10-23)18(24)17(16)20-14-7-4-8-15(11-14)29(26,27)21-13-5-2-3-6-13/h4,7-8,11,13,20-21,23H,2-3,5-6,9-10,12H2,1H3. The van der Waals surface area contributed by atoms with E-state index in [9.17, 15) is 18.0 Å². The Morgan fingerprint density at radius 2 is 2.03 bits per heavy atom. The number of sulfonamides is 1. The molecule has 1 amide bonds. The van der Waals surface area contributed by atoms with Crippen molar-refractivity contribution in [2.75, 3.05) is 32.1 Å². The number of nitrogens with one attached hydrogen (secondary N) is 2. The fourth-order valence-electron chi connectivity index (χ4n) is 3.57. The zero-order chi connectivity index (χ0) is 21.0. The summed E-state index contributed by atoms with van der Waals surface area (Å²) >= 11 is 0. The van der Waals surface area contributed by atoms with Crippen LogP contribution >= 0.6 is 0 Å². The quantitative estimate of drug-likeness (QED) is 0.522. The normalized spacial score (nSPS) is 17.9. The molecule has 0 unspecified atom stereocenters. The number of carbonyl (C=O) groups is 2. The van der Waals surface area contributed by atoms with Crippen molar-refractivity contribution in [2.45, 2.75) is 36.6 Å². The molecular weight excluding hydrogens is 398 g/mol. The number of esters is 1. The summed E-state index contributed by atoms with van der Waals surface area (Å²) in [5.74, 6) is -1.12. The number of methoxy groups -OCH3 is 1. The van der Waals surface area contributed by atoms with Crippen LogP contribution in [0.1, 0.15) is 25.7 Å². The van der Waals surface area contributed by atoms with Gasteiger partial charge in [0.2, 0.25) is 10.0 Å². The van der Waals surface area contributed by atoms with E-state index in [4.69, 9.17) is 9.84 Å². The van der Waals surface area contributed by atoms with Gasteiger partial charge in [-0.3, -0.25) is 4.79 Å². The Bertz CT molecular complexity index is 922. The first kappa shape index (κ1) is 21.3. The number of ether oxygens (including phenoxy) is 1. The van der Waals surface area contributed by atoms with E-state index in [1.165, 1.54) is 24.1 Å². The molecule has 1 aromatic rings. The van der Waals surface area contributed by atoms with Crippen LogP contribution in [0.5, 0.6) is 0 Å². The number of aliphatic hydroxyl groups is 1. The predicted octanol–water partition coefficient (Wildman–Crippen LogP) is 0.581. The number of nitrogens with zero attached hydrogens (tertiary/aromatic N) is 1. The number of carbonyl (C=O) groups excluding carboxylic acids is 2. The summed E-state index contributed by atoms with van der Waals surface area (Å²) in [7, 11) is -2.48. The van der Waals surface area contributed by atoms with Gasteiger partial charge in [-0.15, -0.1) is 0 Å². The lowest BCUT2D eigenvalue weighted by atomic mass is 10.2. The second kappa shape index (κ2) is 8.93. The molecule has 1 fully saturated rings. The fourth-order valence-corrected chi connectivity index (χ4v) is 4.92. The van der Waals surface area contributed by atoms with Gasteiger partial charge in [0.15, 0.2) is 0 Å². The molecule has 29 heavy (non-hydrogen) atoms. The first-order chi connectivity index (χ1) is 13.9. The van der Waals surface area contributed by atoms with E-state index in [0.717, 1.165) is 25.7 Å². The topological polar surface area (TPSA) is 125 Å². The van der Waals surface area contributed by atoms with E-state index >= 15 is 0 Å². The number of β-amino-alcohol motifs (C(OH)–C–C–N with tert-alkyl or cyclic N) is 1. The van der Waals surface area contributed by atoms with Crippen molar-refractivity contribution in [1.29, 1.82) is 0 Å². The molecular formula is C19H25N3O6S. The van der Waals surface area contributed by atoms with E-state index in [1.807, 2.05) is 0 Å². The molecule has 1 aliphatic heterocycles. The van der Waals surface area contributed by atoms with E-state index < -0.39 is 21.9 Å². The van der Waals surface area contributed by atoms with Crippen LogP contribution in [-0.4, -0.2) is 63.1 Å². The summed E-state index contributed by atoms with van der Waals surface area (Å²) in [6, 6.07) is 6.01. The van der Waals surface area contributed by atoms with Gasteiger partial charge in [0, 0.05) is 18.3 Å². The maximum absolute atomic E-state index is 12.7. The molecule has 2 aliphatic rings. The van der Waals surface area contributed by atoms with Crippen molar-refractivity contribution in [1.82, 2.24) is 9.62 Å². The number of hydrogen-bond donors (Lipinski definition) is 3. The monoisotopic (exact) mass is 423 g/mol. The third-order valence-electron chi connectivity index (χ3n) is 5.04. The van der Waals surface area contributed by atoms with Gasteiger partial charge in [-0.2, -0.15) is 0 Å². The molecule has 3 rings (SSSR count). The van der Waals surface area contributed by atoms with E-state index in [2.05, 4.69) is 10.0 Å². The van der Waals surface area contributed by atoms with E-state index in [-0.39, 0.29) is 41.9 Å². The van der Waals surface area contributed by atoms with Crippen LogP contribution in [-0.2, 0) is 24.3 Å². The summed E-state index contributed by atoms with van der Waals surface area (Å²) in [5, 5.41) is 12.0. The highest BCUT2D eigenvalue weighted by molar-refractivity contribution is 7.89. The lowest BCUT2D eigenvalue weighted by Crippen LogP contribution is -2.32. The van der Waals surface area contributed by atoms with Gasteiger partial charge in [0.1, 0.15) is 5.70 Å². The second-order valence-electron chi connectivity index (χ2n) is 7.05. The summed E-state index contributed by atoms with van der Waals surface area (Å²) < 4.78 is 32.8. The minimum absolute atomic E-state index is 0.00955. The number of anilines is 1. The largest absolute Gasteiger partial charge is 0.466 e. The third kappa shape index (κ3) is 4.77. The minimum Gasteiger partial charge on any atom is -0.466 e. The van der Waals surface area contributed by atoms with Crippen LogP contribution in [0, 0.1) is 0 Å². The summed E-state index contributed by atoms with van der Waals surface area (Å²) in [6.45, 7) is -0.159. The molecule has 3 N–H and O–H groups in total. The van der Waals surface area contributed by atoms with Crippen LogP contribution in [0.4, 0.5) is 5.69 Å². The maximum Gasteiger partial charge on any atom is 0.337 e. The molecule has 1 aliphatic carbocycles. The van der Waals surface area contributed by atoms with E-state index in [1.54, 1.807) is 12.1 Å². The number of hydrogen-bond acceptors (Lipinski definition) is 7. The molecule has 0 radical (unpaired) electrons. The van der Waals surface area contributed by atoms with Crippen molar-refractivity contribution >= 4 is 27.6 Å². The molecule has 10 heteroatoms. The number of rotatable bonds is 8. The highest BCUT2D eigenvalue weighted by Crippen LogP contribution is 2.25. The molecule has 0 spiro atoms. The number of benzene rings is 1. The Morgan fingerprint density at radius 1 is 1.31 bits per heavy atom. The van der Waals surface area contributed by atoms with Crippen molar-refractivity contribution in [2.24, 2.45) is 0 Å². The van der Waals surface area contributed by atoms with Crippen LogP contribution in [0.25, 0.3) is 0 Å². The smallest absolute Gasteiger partial charge is 0.337 e. The van der Waals surface area contributed by atoms with Gasteiger partial charge in [-0.25, -0.2) is 17.9 Å². The lowest BCUT2D eigenvalue weighted by Gasteiger charge is -2.16. The van der Waals surface area contributed by atoms with Crippen LogP contribution in [0.2, 0.25) is 0 Å². The maximum atomic E-state index is 12.7. The predicted molar refractivity (Wildman–Crippen MR) is 105 cm³/mol. The van der Waals surface area contributed by atoms with Gasteiger partial charge >= 0.3 is 5.97 Å². The van der Waals surface area contributed by atoms with Gasteiger partial charge in [-0.05, 0) is 31.0 Å². The number of amides is 1. The lowest BCUT2D eigenvalue weighted by molar-refractivity contribution is -0.136. The second-order valence-corrected chi connectivity index (χ2v) is 8.76. The highest BCUT2D eigenvalue weighted by Gasteiger charge is 2.34. The van der Waals surface area contributed by atoms with Crippen molar-refractivity contribution in [3.8, 4) is 0 Å². The first-order valence-electron chi connectivity index (χ1n) is 9.46. The number of aliphatic hydroxyl groups excluding tert-OH is 1. The summed E-state index contributed by atoms with van der Waals surface area (Å²) in [4.78, 5) is 26.1. The van der Waals surface area contributed by atoms with Crippen LogP contribution in [0.15, 0.2) is 40.4 Å². The Kier molecular flexibility index (Phi) is 6.56. The molecule has 158 valence electrons. The van der Waals surface area contributed by atoms with Gasteiger partial charge < -0.3 is 20.1 Å². The molecule has 1 aromatic carbocycles. The van der Waals surface area contributed by atoms with Crippen molar-refractivity contribution < 1.29 is 27.9 Å². The molecule has 0 saturated heterocycles. The Hall–Kier alpha value is -2.43. The molecule has 1 saturated carbocycles. The van der Waals surface area contributed by atoms with Gasteiger partial charge in [0.05, 0.1) is 30.7 Å². The zero-order valence-electron chi connectivity index (χ0n) is 16.2. The van der Waals surface area contributed by atoms with E-state index in [0.29, 0.717) is 5.69 Å². The fraction of sp³-hybridized carbons (Fsp3) is 0.474. The Balaban J connectivity index is 1.84. The van der Waals surface area contributed by atoms with Crippen molar-refractivity contribution in [3.05, 3.63) is 35.5 Å². The molecule has 9 nitrogen and oxygen atoms in total. The molecule has 1 heterocycles. The van der Waals surface area contributed by atoms with Gasteiger partial charge in [-0.1, -0.05) is 18.9 Å². The third-order valence-corrected chi connectivity index (χ3v) is 6.56. The Labute approximate surface area is 169 Å². The molecule has 0 atom stereocenters. The van der Waals surface area contributed by atoms with Crippen LogP contribution < -0.4 is 10.0 Å². The zero-order valence-corrected chi connectivity index (χ0v) is 17.0. The average Bonchev–Trinajstić information content (AvgIpc) is 3.31. The summed E-state index contributed by atoms with van der Waals surface area (Å²) in [5.41, 5.74) is 0.502. The first-order valence-corrected chi connectivity index (χ1v) is 10.9. The Morgan fingerprint density at radius 3 is 2.69 bits per heavy atom.